The molecule has 0 aliphatic rings. The van der Waals surface area contributed by atoms with E-state index in [0.29, 0.717) is 13.0 Å². The van der Waals surface area contributed by atoms with Gasteiger partial charge in [0, 0.05) is 11.8 Å². The summed E-state index contributed by atoms with van der Waals surface area (Å²) in [7, 11) is 0. The highest BCUT2D eigenvalue weighted by Gasteiger charge is 1.96. The second-order valence-corrected chi connectivity index (χ2v) is 5.91. The number of anilines is 1. The quantitative estimate of drug-likeness (QED) is 0.422. The lowest BCUT2D eigenvalue weighted by molar-refractivity contribution is 0.305. The van der Waals surface area contributed by atoms with E-state index in [-0.39, 0.29) is 0 Å². The molecule has 1 aromatic carbocycles. The van der Waals surface area contributed by atoms with Gasteiger partial charge < -0.3 is 4.74 Å². The van der Waals surface area contributed by atoms with Gasteiger partial charge in [0.25, 0.3) is 0 Å². The van der Waals surface area contributed by atoms with E-state index in [1.54, 1.807) is 6.21 Å². The number of aromatic nitrogens is 1. The van der Waals surface area contributed by atoms with Gasteiger partial charge >= 0.3 is 0 Å². The van der Waals surface area contributed by atoms with Gasteiger partial charge in [-0.2, -0.15) is 10.4 Å². The molecule has 2 aromatic rings. The van der Waals surface area contributed by atoms with Crippen LogP contribution in [0.15, 0.2) is 34.7 Å². The third-order valence-electron chi connectivity index (χ3n) is 3.07. The average Bonchev–Trinajstić information content (AvgIpc) is 2.97. The fourth-order valence-corrected chi connectivity index (χ4v) is 2.53. The van der Waals surface area contributed by atoms with Crippen LogP contribution in [0.3, 0.4) is 0 Å². The van der Waals surface area contributed by atoms with Gasteiger partial charge in [-0.25, -0.2) is 4.98 Å². The number of hydrazone groups is 1. The molecule has 1 heterocycles. The summed E-state index contributed by atoms with van der Waals surface area (Å²) in [5, 5.41) is 15.4. The van der Waals surface area contributed by atoms with Gasteiger partial charge in [0.15, 0.2) is 0 Å². The predicted octanol–water partition coefficient (Wildman–Crippen LogP) is 4.36. The van der Waals surface area contributed by atoms with E-state index in [1.165, 1.54) is 11.3 Å². The van der Waals surface area contributed by atoms with E-state index in [1.807, 2.05) is 36.6 Å². The highest BCUT2D eigenvalue weighted by Crippen LogP contribution is 2.15. The first-order valence-electron chi connectivity index (χ1n) is 7.59. The monoisotopic (exact) mass is 328 g/mol. The summed E-state index contributed by atoms with van der Waals surface area (Å²) in [6.07, 6.45) is 5.33. The zero-order valence-electron chi connectivity index (χ0n) is 13.2. The largest absolute Gasteiger partial charge is 0.494 e. The molecule has 0 fully saturated rings. The van der Waals surface area contributed by atoms with Crippen molar-refractivity contribution < 1.29 is 4.74 Å². The topological polar surface area (TPSA) is 70.3 Å². The van der Waals surface area contributed by atoms with Crippen molar-refractivity contribution in [1.82, 2.24) is 4.98 Å². The van der Waals surface area contributed by atoms with E-state index >= 15 is 0 Å². The maximum absolute atomic E-state index is 8.45. The summed E-state index contributed by atoms with van der Waals surface area (Å²) in [5.74, 6) is 0.853. The number of benzene rings is 1. The second-order valence-electron chi connectivity index (χ2n) is 5.05. The minimum Gasteiger partial charge on any atom is -0.494 e. The summed E-state index contributed by atoms with van der Waals surface area (Å²) in [6.45, 7) is 2.64. The highest BCUT2D eigenvalue weighted by atomic mass is 32.1. The van der Waals surface area contributed by atoms with Gasteiger partial charge in [-0.1, -0.05) is 0 Å². The molecule has 0 amide bonds. The number of ether oxygens (including phenoxy) is 1. The van der Waals surface area contributed by atoms with Gasteiger partial charge in [0.1, 0.15) is 5.75 Å². The molecule has 0 aliphatic heterocycles. The maximum Gasteiger partial charge on any atom is 0.203 e. The van der Waals surface area contributed by atoms with Crippen LogP contribution in [0.5, 0.6) is 5.75 Å². The SMILES string of the molecule is Cc1csc(NN=Cc2ccc(OCCCCCC#N)cc2)n1. The smallest absolute Gasteiger partial charge is 0.203 e. The van der Waals surface area contributed by atoms with E-state index in [4.69, 9.17) is 10.00 Å². The number of nitriles is 1. The molecular formula is C17H20N4OS. The van der Waals surface area contributed by atoms with Crippen LogP contribution in [0.25, 0.3) is 0 Å². The van der Waals surface area contributed by atoms with Crippen LogP contribution in [0.1, 0.15) is 36.9 Å². The van der Waals surface area contributed by atoms with Crippen molar-refractivity contribution >= 4 is 22.7 Å². The van der Waals surface area contributed by atoms with Crippen molar-refractivity contribution in [2.45, 2.75) is 32.6 Å². The third-order valence-corrected chi connectivity index (χ3v) is 3.94. The Bertz CT molecular complexity index is 658. The molecule has 120 valence electrons. The van der Waals surface area contributed by atoms with E-state index in [2.05, 4.69) is 21.6 Å². The first kappa shape index (κ1) is 17.0. The van der Waals surface area contributed by atoms with Crippen molar-refractivity contribution in [3.8, 4) is 11.8 Å². The molecule has 0 spiro atoms. The Hall–Kier alpha value is -2.39. The number of rotatable bonds is 9. The Morgan fingerprint density at radius 2 is 2.13 bits per heavy atom. The fourth-order valence-electron chi connectivity index (χ4n) is 1.89. The highest BCUT2D eigenvalue weighted by molar-refractivity contribution is 7.13. The number of thiazole rings is 1. The van der Waals surface area contributed by atoms with Crippen LogP contribution >= 0.6 is 11.3 Å². The molecule has 0 saturated heterocycles. The molecule has 0 bridgehead atoms. The molecule has 0 saturated carbocycles. The number of aryl methyl sites for hydroxylation is 1. The zero-order chi connectivity index (χ0) is 16.3. The van der Waals surface area contributed by atoms with Crippen LogP contribution in [0.4, 0.5) is 5.13 Å². The molecule has 1 aromatic heterocycles. The summed E-state index contributed by atoms with van der Waals surface area (Å²) in [5.41, 5.74) is 4.89. The van der Waals surface area contributed by atoms with Crippen molar-refractivity contribution in [2.75, 3.05) is 12.0 Å². The maximum atomic E-state index is 8.45. The van der Waals surface area contributed by atoms with Gasteiger partial charge in [-0.15, -0.1) is 11.3 Å². The van der Waals surface area contributed by atoms with Crippen LogP contribution < -0.4 is 10.2 Å². The van der Waals surface area contributed by atoms with Gasteiger partial charge in [-0.3, -0.25) is 5.43 Å². The summed E-state index contributed by atoms with van der Waals surface area (Å²) in [4.78, 5) is 4.27. The predicted molar refractivity (Wildman–Crippen MR) is 94.1 cm³/mol. The lowest BCUT2D eigenvalue weighted by atomic mass is 10.2. The fraction of sp³-hybridized carbons (Fsp3) is 0.353. The number of hydrogen-bond donors (Lipinski definition) is 1. The first-order chi connectivity index (χ1) is 11.3. The van der Waals surface area contributed by atoms with Gasteiger partial charge in [0.05, 0.1) is 24.6 Å². The van der Waals surface area contributed by atoms with Crippen molar-refractivity contribution in [3.63, 3.8) is 0 Å². The molecule has 0 unspecified atom stereocenters. The normalized spacial score (nSPS) is 10.6. The molecule has 0 atom stereocenters. The Labute approximate surface area is 140 Å². The molecule has 23 heavy (non-hydrogen) atoms. The van der Waals surface area contributed by atoms with E-state index in [9.17, 15) is 0 Å². The number of hydrogen-bond acceptors (Lipinski definition) is 6. The zero-order valence-corrected chi connectivity index (χ0v) is 14.0. The van der Waals surface area contributed by atoms with Crippen molar-refractivity contribution in [1.29, 1.82) is 5.26 Å². The van der Waals surface area contributed by atoms with Crippen LogP contribution in [-0.2, 0) is 0 Å². The molecule has 1 N–H and O–H groups in total. The minimum absolute atomic E-state index is 0.628. The Morgan fingerprint density at radius 3 is 2.83 bits per heavy atom. The number of nitrogens with zero attached hydrogens (tertiary/aromatic N) is 3. The number of nitrogens with one attached hydrogen (secondary N) is 1. The molecule has 2 rings (SSSR count). The van der Waals surface area contributed by atoms with Crippen LogP contribution in [0.2, 0.25) is 0 Å². The van der Waals surface area contributed by atoms with E-state index in [0.717, 1.165) is 41.4 Å². The molecule has 5 nitrogen and oxygen atoms in total. The molecule has 0 aliphatic carbocycles. The average molecular weight is 328 g/mol. The van der Waals surface area contributed by atoms with Crippen molar-refractivity contribution in [2.24, 2.45) is 5.10 Å². The molecule has 6 heteroatoms. The number of unbranched alkanes of at least 4 members (excludes halogenated alkanes) is 3. The first-order valence-corrected chi connectivity index (χ1v) is 8.47. The Morgan fingerprint density at radius 1 is 1.30 bits per heavy atom. The van der Waals surface area contributed by atoms with E-state index < -0.39 is 0 Å². The Balaban J connectivity index is 1.70. The summed E-state index contributed by atoms with van der Waals surface area (Å²) < 4.78 is 5.67. The minimum atomic E-state index is 0.628. The standard InChI is InChI=1S/C17H20N4OS/c1-14-13-23-17(20-14)21-19-12-15-6-8-16(9-7-15)22-11-5-3-2-4-10-18/h6-9,12-13H,2-5,11H2,1H3,(H,20,21). The molecule has 0 radical (unpaired) electrons. The van der Waals surface area contributed by atoms with Gasteiger partial charge in [-0.05, 0) is 56.0 Å². The Kier molecular flexibility index (Phi) is 7.08. The lowest BCUT2D eigenvalue weighted by Crippen LogP contribution is -1.97. The summed E-state index contributed by atoms with van der Waals surface area (Å²) in [6, 6.07) is 9.94. The lowest BCUT2D eigenvalue weighted by Gasteiger charge is -2.05. The summed E-state index contributed by atoms with van der Waals surface area (Å²) >= 11 is 1.53. The van der Waals surface area contributed by atoms with Gasteiger partial charge in [0.2, 0.25) is 5.13 Å². The third kappa shape index (κ3) is 6.49. The second kappa shape index (κ2) is 9.59. The van der Waals surface area contributed by atoms with Crippen LogP contribution in [-0.4, -0.2) is 17.8 Å². The van der Waals surface area contributed by atoms with Crippen LogP contribution in [0, 0.1) is 18.3 Å². The molecular weight excluding hydrogens is 308 g/mol. The van der Waals surface area contributed by atoms with Crippen molar-refractivity contribution in [3.05, 3.63) is 40.9 Å².